The summed E-state index contributed by atoms with van der Waals surface area (Å²) in [6.45, 7) is 5.73. The van der Waals surface area contributed by atoms with Gasteiger partial charge in [-0.1, -0.05) is 44.2 Å². The Kier molecular flexibility index (Phi) is 5.84. The summed E-state index contributed by atoms with van der Waals surface area (Å²) in [5, 5.41) is 8.04. The van der Waals surface area contributed by atoms with Gasteiger partial charge in [0.25, 0.3) is 0 Å². The monoisotopic (exact) mass is 401 g/mol. The average molecular weight is 401 g/mol. The van der Waals surface area contributed by atoms with Gasteiger partial charge in [0.05, 0.1) is 5.69 Å². The third-order valence-corrected chi connectivity index (χ3v) is 4.66. The molecule has 0 spiro atoms. The maximum Gasteiger partial charge on any atom is 0.223 e. The molecule has 30 heavy (non-hydrogen) atoms. The minimum Gasteiger partial charge on any atom is -0.350 e. The number of aromatic nitrogens is 4. The van der Waals surface area contributed by atoms with E-state index in [0.29, 0.717) is 18.4 Å². The normalized spacial score (nSPS) is 11.1. The van der Waals surface area contributed by atoms with Crippen LogP contribution in [0.2, 0.25) is 0 Å². The number of halogens is 1. The fraction of sp³-hybridized carbons (Fsp3) is 0.208. The molecule has 0 aliphatic carbocycles. The zero-order chi connectivity index (χ0) is 20.9. The predicted octanol–water partition coefficient (Wildman–Crippen LogP) is 5.41. The summed E-state index contributed by atoms with van der Waals surface area (Å²) in [6, 6.07) is 18.4. The number of hydrogen-bond donors (Lipinski definition) is 1. The number of hydrogen-bond acceptors (Lipinski definition) is 4. The van der Waals surface area contributed by atoms with Gasteiger partial charge in [0.2, 0.25) is 5.95 Å². The largest absolute Gasteiger partial charge is 0.350 e. The fourth-order valence-corrected chi connectivity index (χ4v) is 3.27. The van der Waals surface area contributed by atoms with Crippen LogP contribution < -0.4 is 5.32 Å². The van der Waals surface area contributed by atoms with Crippen molar-refractivity contribution in [2.75, 3.05) is 5.32 Å². The first-order valence-corrected chi connectivity index (χ1v) is 10.0. The molecule has 0 fully saturated rings. The third-order valence-electron chi connectivity index (χ3n) is 4.66. The second-order valence-corrected chi connectivity index (χ2v) is 7.62. The smallest absolute Gasteiger partial charge is 0.223 e. The Morgan fingerprint density at radius 2 is 1.77 bits per heavy atom. The van der Waals surface area contributed by atoms with Crippen molar-refractivity contribution < 1.29 is 4.39 Å². The van der Waals surface area contributed by atoms with Crippen LogP contribution in [0.3, 0.4) is 0 Å². The summed E-state index contributed by atoms with van der Waals surface area (Å²) in [7, 11) is 0. The molecular weight excluding hydrogens is 377 g/mol. The van der Waals surface area contributed by atoms with Crippen molar-refractivity contribution in [3.63, 3.8) is 0 Å². The van der Waals surface area contributed by atoms with E-state index in [9.17, 15) is 4.39 Å². The van der Waals surface area contributed by atoms with E-state index in [1.165, 1.54) is 12.1 Å². The van der Waals surface area contributed by atoms with Crippen LogP contribution in [0.15, 0.2) is 73.1 Å². The first-order valence-electron chi connectivity index (χ1n) is 10.0. The molecule has 0 atom stereocenters. The van der Waals surface area contributed by atoms with Crippen LogP contribution in [-0.2, 0) is 13.1 Å². The van der Waals surface area contributed by atoms with E-state index in [-0.39, 0.29) is 5.82 Å². The molecule has 0 saturated carbocycles. The lowest BCUT2D eigenvalue weighted by Gasteiger charge is -2.07. The molecule has 1 N–H and O–H groups in total. The highest BCUT2D eigenvalue weighted by molar-refractivity contribution is 5.78. The Morgan fingerprint density at radius 1 is 1.00 bits per heavy atom. The Morgan fingerprint density at radius 3 is 2.50 bits per heavy atom. The van der Waals surface area contributed by atoms with Crippen LogP contribution >= 0.6 is 0 Å². The topological polar surface area (TPSA) is 55.6 Å². The van der Waals surface area contributed by atoms with Gasteiger partial charge in [-0.05, 0) is 41.8 Å². The molecule has 2 heterocycles. The summed E-state index contributed by atoms with van der Waals surface area (Å²) in [5.74, 6) is 0.738. The van der Waals surface area contributed by atoms with Gasteiger partial charge < -0.3 is 5.32 Å². The van der Waals surface area contributed by atoms with Gasteiger partial charge in [-0.25, -0.2) is 14.4 Å². The fourth-order valence-electron chi connectivity index (χ4n) is 3.27. The summed E-state index contributed by atoms with van der Waals surface area (Å²) in [6.07, 6.45) is 3.74. The molecule has 0 saturated heterocycles. The van der Waals surface area contributed by atoms with Crippen LogP contribution in [-0.4, -0.2) is 19.7 Å². The molecule has 4 rings (SSSR count). The van der Waals surface area contributed by atoms with Gasteiger partial charge >= 0.3 is 0 Å². The molecule has 5 nitrogen and oxygen atoms in total. The summed E-state index contributed by atoms with van der Waals surface area (Å²) in [5.41, 5.74) is 4.46. The maximum atomic E-state index is 13.4. The lowest BCUT2D eigenvalue weighted by molar-refractivity contribution is 0.484. The number of anilines is 1. The number of nitrogens with zero attached hydrogens (tertiary/aromatic N) is 4. The number of rotatable bonds is 7. The van der Waals surface area contributed by atoms with Gasteiger partial charge in [-0.2, -0.15) is 5.10 Å². The molecule has 0 amide bonds. The van der Waals surface area contributed by atoms with Crippen molar-refractivity contribution in [3.05, 3.63) is 84.4 Å². The zero-order valence-corrected chi connectivity index (χ0v) is 17.1. The quantitative estimate of drug-likeness (QED) is 0.450. The molecule has 0 radical (unpaired) electrons. The lowest BCUT2D eigenvalue weighted by Crippen LogP contribution is -2.04. The molecule has 0 unspecified atom stereocenters. The van der Waals surface area contributed by atoms with Crippen molar-refractivity contribution in [3.8, 4) is 22.5 Å². The molecular formula is C24H24FN5. The predicted molar refractivity (Wildman–Crippen MR) is 117 cm³/mol. The minimum atomic E-state index is -0.267. The van der Waals surface area contributed by atoms with E-state index >= 15 is 0 Å². The Bertz CT molecular complexity index is 1100. The van der Waals surface area contributed by atoms with Crippen LogP contribution in [0, 0.1) is 11.7 Å². The second kappa shape index (κ2) is 8.86. The van der Waals surface area contributed by atoms with E-state index in [1.807, 2.05) is 35.1 Å². The highest BCUT2D eigenvalue weighted by atomic mass is 19.1. The average Bonchev–Trinajstić information content (AvgIpc) is 3.17. The molecule has 0 bridgehead atoms. The van der Waals surface area contributed by atoms with Gasteiger partial charge in [0.15, 0.2) is 0 Å². The Hall–Kier alpha value is -3.54. The van der Waals surface area contributed by atoms with E-state index in [0.717, 1.165) is 34.6 Å². The van der Waals surface area contributed by atoms with Crippen molar-refractivity contribution in [1.82, 2.24) is 19.7 Å². The van der Waals surface area contributed by atoms with E-state index < -0.39 is 0 Å². The van der Waals surface area contributed by atoms with Gasteiger partial charge in [-0.3, -0.25) is 4.68 Å². The first-order chi connectivity index (χ1) is 14.6. The molecule has 6 heteroatoms. The molecule has 2 aromatic carbocycles. The summed E-state index contributed by atoms with van der Waals surface area (Å²) in [4.78, 5) is 9.05. The highest BCUT2D eigenvalue weighted by Crippen LogP contribution is 2.30. The van der Waals surface area contributed by atoms with Crippen LogP contribution in [0.25, 0.3) is 22.5 Å². The Labute approximate surface area is 175 Å². The van der Waals surface area contributed by atoms with Crippen molar-refractivity contribution >= 4 is 5.95 Å². The minimum absolute atomic E-state index is 0.267. The van der Waals surface area contributed by atoms with Crippen molar-refractivity contribution in [2.24, 2.45) is 5.92 Å². The Balaban J connectivity index is 1.66. The van der Waals surface area contributed by atoms with Gasteiger partial charge in [0.1, 0.15) is 11.5 Å². The van der Waals surface area contributed by atoms with E-state index in [4.69, 9.17) is 10.1 Å². The number of nitrogens with one attached hydrogen (secondary N) is 1. The van der Waals surface area contributed by atoms with Crippen LogP contribution in [0.5, 0.6) is 0 Å². The number of benzene rings is 2. The summed E-state index contributed by atoms with van der Waals surface area (Å²) >= 11 is 0. The molecule has 0 aliphatic rings. The van der Waals surface area contributed by atoms with Crippen LogP contribution in [0.1, 0.15) is 19.4 Å². The van der Waals surface area contributed by atoms with Gasteiger partial charge in [0, 0.05) is 36.6 Å². The third kappa shape index (κ3) is 4.71. The van der Waals surface area contributed by atoms with Gasteiger partial charge in [-0.15, -0.1) is 0 Å². The summed E-state index contributed by atoms with van der Waals surface area (Å²) < 4.78 is 15.4. The van der Waals surface area contributed by atoms with Crippen LogP contribution in [0.4, 0.5) is 10.3 Å². The van der Waals surface area contributed by atoms with Crippen molar-refractivity contribution in [1.29, 1.82) is 0 Å². The van der Waals surface area contributed by atoms with Crippen molar-refractivity contribution in [2.45, 2.75) is 26.9 Å². The zero-order valence-electron chi connectivity index (χ0n) is 17.1. The standard InChI is InChI=1S/C24H24FN5/c1-17(2)15-30-16-21(23(29-30)19-8-10-20(25)11-9-19)22-12-13-26-24(28-22)27-14-18-6-4-3-5-7-18/h3-13,16-17H,14-15H2,1-2H3,(H,26,27,28). The van der Waals surface area contributed by atoms with E-state index in [2.05, 4.69) is 36.3 Å². The highest BCUT2D eigenvalue weighted by Gasteiger charge is 2.16. The lowest BCUT2D eigenvalue weighted by atomic mass is 10.1. The molecule has 0 aliphatic heterocycles. The SMILES string of the molecule is CC(C)Cn1cc(-c2ccnc(NCc3ccccc3)n2)c(-c2ccc(F)cc2)n1. The molecule has 152 valence electrons. The second-order valence-electron chi connectivity index (χ2n) is 7.62. The molecule has 2 aromatic heterocycles. The van der Waals surface area contributed by atoms with E-state index in [1.54, 1.807) is 18.3 Å². The molecule has 4 aromatic rings. The maximum absolute atomic E-state index is 13.4. The first kappa shape index (κ1) is 19.8.